The highest BCUT2D eigenvalue weighted by molar-refractivity contribution is 6.35. The van der Waals surface area contributed by atoms with Crippen LogP contribution in [-0.2, 0) is 0 Å². The predicted molar refractivity (Wildman–Crippen MR) is 56.8 cm³/mol. The maximum absolute atomic E-state index is 9.58. The van der Waals surface area contributed by atoms with Gasteiger partial charge in [-0.3, -0.25) is 0 Å². The Hall–Kier alpha value is 0.0500. The Morgan fingerprint density at radius 1 is 1.31 bits per heavy atom. The van der Waals surface area contributed by atoms with Crippen molar-refractivity contribution in [3.8, 4) is 0 Å². The molecule has 1 aromatic rings. The Balaban J connectivity index is 2.88. The average molecular weight is 240 g/mol. The molecule has 4 heteroatoms. The van der Waals surface area contributed by atoms with Crippen LogP contribution in [0.5, 0.6) is 0 Å². The molecule has 0 spiro atoms. The molecule has 0 aromatic heterocycles. The lowest BCUT2D eigenvalue weighted by molar-refractivity contribution is 0.175. The van der Waals surface area contributed by atoms with Gasteiger partial charge in [0.1, 0.15) is 0 Å². The van der Waals surface area contributed by atoms with Gasteiger partial charge >= 0.3 is 0 Å². The van der Waals surface area contributed by atoms with E-state index < -0.39 is 6.10 Å². The van der Waals surface area contributed by atoms with Crippen molar-refractivity contribution in [2.75, 3.05) is 5.88 Å². The maximum atomic E-state index is 9.58. The van der Waals surface area contributed by atoms with E-state index in [4.69, 9.17) is 34.8 Å². The standard InChI is InChI=1S/C9H9Cl3O/c10-4-3-9(13)7-2-1-6(11)5-8(7)12/h1-2,5,9,13H,3-4H2. The quantitative estimate of drug-likeness (QED) is 0.798. The molecule has 0 aliphatic heterocycles. The molecule has 1 unspecified atom stereocenters. The number of benzene rings is 1. The van der Waals surface area contributed by atoms with Crippen molar-refractivity contribution in [2.24, 2.45) is 0 Å². The summed E-state index contributed by atoms with van der Waals surface area (Å²) in [6.45, 7) is 0. The second kappa shape index (κ2) is 5.06. The molecule has 13 heavy (non-hydrogen) atoms. The van der Waals surface area contributed by atoms with Gasteiger partial charge in [0.05, 0.1) is 6.10 Å². The first-order valence-electron chi connectivity index (χ1n) is 3.84. The van der Waals surface area contributed by atoms with Crippen LogP contribution >= 0.6 is 34.8 Å². The normalized spacial score (nSPS) is 12.9. The minimum absolute atomic E-state index is 0.403. The zero-order valence-corrected chi connectivity index (χ0v) is 9.07. The maximum Gasteiger partial charge on any atom is 0.0815 e. The predicted octanol–water partition coefficient (Wildman–Crippen LogP) is 3.66. The smallest absolute Gasteiger partial charge is 0.0815 e. The molecule has 1 nitrogen and oxygen atoms in total. The van der Waals surface area contributed by atoms with Crippen LogP contribution in [0.4, 0.5) is 0 Å². The third-order valence-electron chi connectivity index (χ3n) is 1.70. The molecule has 0 saturated heterocycles. The molecule has 1 atom stereocenters. The van der Waals surface area contributed by atoms with Crippen LogP contribution in [0.2, 0.25) is 10.0 Å². The van der Waals surface area contributed by atoms with E-state index in [1.807, 2.05) is 0 Å². The Bertz CT molecular complexity index is 288. The summed E-state index contributed by atoms with van der Waals surface area (Å²) in [4.78, 5) is 0. The Labute approximate surface area is 92.2 Å². The van der Waals surface area contributed by atoms with Gasteiger partial charge in [0, 0.05) is 15.9 Å². The highest BCUT2D eigenvalue weighted by Gasteiger charge is 2.10. The molecule has 0 aliphatic rings. The van der Waals surface area contributed by atoms with Crippen LogP contribution < -0.4 is 0 Å². The third kappa shape index (κ3) is 3.03. The number of aliphatic hydroxyl groups is 1. The topological polar surface area (TPSA) is 20.2 Å². The SMILES string of the molecule is OC(CCCl)c1ccc(Cl)cc1Cl. The molecule has 0 aliphatic carbocycles. The van der Waals surface area contributed by atoms with E-state index in [9.17, 15) is 5.11 Å². The number of alkyl halides is 1. The second-order valence-electron chi connectivity index (χ2n) is 2.66. The number of rotatable bonds is 3. The summed E-state index contributed by atoms with van der Waals surface area (Å²) >= 11 is 17.1. The van der Waals surface area contributed by atoms with E-state index in [1.165, 1.54) is 0 Å². The number of hydrogen-bond donors (Lipinski definition) is 1. The van der Waals surface area contributed by atoms with Gasteiger partial charge in [-0.15, -0.1) is 11.6 Å². The lowest BCUT2D eigenvalue weighted by Gasteiger charge is -2.10. The van der Waals surface area contributed by atoms with Gasteiger partial charge in [-0.2, -0.15) is 0 Å². The Morgan fingerprint density at radius 3 is 2.54 bits per heavy atom. The Kier molecular flexibility index (Phi) is 4.33. The first-order valence-corrected chi connectivity index (χ1v) is 5.13. The van der Waals surface area contributed by atoms with E-state index >= 15 is 0 Å². The second-order valence-corrected chi connectivity index (χ2v) is 3.88. The molecule has 0 amide bonds. The van der Waals surface area contributed by atoms with Gasteiger partial charge in [0.2, 0.25) is 0 Å². The fraction of sp³-hybridized carbons (Fsp3) is 0.333. The summed E-state index contributed by atoms with van der Waals surface area (Å²) in [5.74, 6) is 0.403. The zero-order chi connectivity index (χ0) is 9.84. The van der Waals surface area contributed by atoms with Gasteiger partial charge < -0.3 is 5.11 Å². The van der Waals surface area contributed by atoms with Crippen LogP contribution in [0.1, 0.15) is 18.1 Å². The zero-order valence-electron chi connectivity index (χ0n) is 6.80. The van der Waals surface area contributed by atoms with Crippen LogP contribution in [0, 0.1) is 0 Å². The van der Waals surface area contributed by atoms with Crippen molar-refractivity contribution in [2.45, 2.75) is 12.5 Å². The van der Waals surface area contributed by atoms with Crippen molar-refractivity contribution in [3.63, 3.8) is 0 Å². The summed E-state index contributed by atoms with van der Waals surface area (Å²) in [6.07, 6.45) is -0.120. The highest BCUT2D eigenvalue weighted by atomic mass is 35.5. The number of halogens is 3. The summed E-state index contributed by atoms with van der Waals surface area (Å²) < 4.78 is 0. The van der Waals surface area contributed by atoms with Crippen molar-refractivity contribution < 1.29 is 5.11 Å². The van der Waals surface area contributed by atoms with Crippen molar-refractivity contribution in [3.05, 3.63) is 33.8 Å². The van der Waals surface area contributed by atoms with Crippen molar-refractivity contribution >= 4 is 34.8 Å². The van der Waals surface area contributed by atoms with Crippen LogP contribution in [0.15, 0.2) is 18.2 Å². The molecular formula is C9H9Cl3O. The van der Waals surface area contributed by atoms with Gasteiger partial charge in [-0.1, -0.05) is 29.3 Å². The minimum atomic E-state index is -0.609. The van der Waals surface area contributed by atoms with Crippen molar-refractivity contribution in [1.29, 1.82) is 0 Å². The lowest BCUT2D eigenvalue weighted by Crippen LogP contribution is -1.98. The van der Waals surface area contributed by atoms with Crippen LogP contribution in [0.3, 0.4) is 0 Å². The van der Waals surface area contributed by atoms with Crippen LogP contribution in [-0.4, -0.2) is 11.0 Å². The molecule has 0 fully saturated rings. The highest BCUT2D eigenvalue weighted by Crippen LogP contribution is 2.27. The molecule has 0 saturated carbocycles. The summed E-state index contributed by atoms with van der Waals surface area (Å²) in [6, 6.07) is 5.01. The molecular weight excluding hydrogens is 230 g/mol. The first kappa shape index (κ1) is 11.1. The monoisotopic (exact) mass is 238 g/mol. The lowest BCUT2D eigenvalue weighted by atomic mass is 10.1. The fourth-order valence-electron chi connectivity index (χ4n) is 1.03. The van der Waals surface area contributed by atoms with Crippen molar-refractivity contribution in [1.82, 2.24) is 0 Å². The molecule has 0 heterocycles. The molecule has 1 rings (SSSR count). The molecule has 72 valence electrons. The van der Waals surface area contributed by atoms with Gasteiger partial charge in [-0.25, -0.2) is 0 Å². The van der Waals surface area contributed by atoms with E-state index in [1.54, 1.807) is 18.2 Å². The number of aliphatic hydroxyl groups excluding tert-OH is 1. The first-order chi connectivity index (χ1) is 6.15. The van der Waals surface area contributed by atoms with E-state index in [-0.39, 0.29) is 0 Å². The van der Waals surface area contributed by atoms with Gasteiger partial charge in [-0.05, 0) is 24.1 Å². The van der Waals surface area contributed by atoms with E-state index in [2.05, 4.69) is 0 Å². The molecule has 1 N–H and O–H groups in total. The Morgan fingerprint density at radius 2 is 2.00 bits per heavy atom. The van der Waals surface area contributed by atoms with E-state index in [0.29, 0.717) is 27.9 Å². The molecule has 0 radical (unpaired) electrons. The average Bonchev–Trinajstić information content (AvgIpc) is 2.04. The van der Waals surface area contributed by atoms with E-state index in [0.717, 1.165) is 0 Å². The summed E-state index contributed by atoms with van der Waals surface area (Å²) in [5, 5.41) is 10.6. The summed E-state index contributed by atoms with van der Waals surface area (Å²) in [5.41, 5.74) is 0.673. The molecule has 0 bridgehead atoms. The fourth-order valence-corrected chi connectivity index (χ4v) is 1.77. The summed E-state index contributed by atoms with van der Waals surface area (Å²) in [7, 11) is 0. The van der Waals surface area contributed by atoms with Gasteiger partial charge in [0.15, 0.2) is 0 Å². The van der Waals surface area contributed by atoms with Gasteiger partial charge in [0.25, 0.3) is 0 Å². The third-order valence-corrected chi connectivity index (χ3v) is 2.48. The molecule has 1 aromatic carbocycles. The van der Waals surface area contributed by atoms with Crippen LogP contribution in [0.25, 0.3) is 0 Å². The minimum Gasteiger partial charge on any atom is -0.388 e. The number of hydrogen-bond acceptors (Lipinski definition) is 1. The largest absolute Gasteiger partial charge is 0.388 e.